The maximum absolute atomic E-state index is 13.4. The lowest BCUT2D eigenvalue weighted by Gasteiger charge is -2.31. The van der Waals surface area contributed by atoms with Gasteiger partial charge in [-0.05, 0) is 67.8 Å². The van der Waals surface area contributed by atoms with Crippen molar-refractivity contribution in [1.29, 1.82) is 0 Å². The van der Waals surface area contributed by atoms with Crippen molar-refractivity contribution in [2.75, 3.05) is 56.3 Å². The molecule has 0 heterocycles. The second-order valence-electron chi connectivity index (χ2n) is 6.82. The van der Waals surface area contributed by atoms with Crippen LogP contribution in [0.1, 0.15) is 24.2 Å². The standard InChI is InChI=1S/C19H26I3N3O7/c1-10(29)24(4-6-26)17-14(20)13(19(32)23(3)8-12(31)9-28)15(21)18(16(17)22)25(5-7-27)11(2)30/h12,26-28,31H,4-9H2,1-3H3. The van der Waals surface area contributed by atoms with Gasteiger partial charge in [0.25, 0.3) is 5.91 Å². The lowest BCUT2D eigenvalue weighted by atomic mass is 10.1. The number of nitrogens with zero attached hydrogens (tertiary/aromatic N) is 3. The van der Waals surface area contributed by atoms with Crippen molar-refractivity contribution in [3.63, 3.8) is 0 Å². The highest BCUT2D eigenvalue weighted by Crippen LogP contribution is 2.43. The number of carbonyl (C=O) groups excluding carboxylic acids is 3. The molecule has 1 aromatic rings. The largest absolute Gasteiger partial charge is 0.395 e. The first-order valence-electron chi connectivity index (χ1n) is 9.47. The first-order chi connectivity index (χ1) is 14.9. The van der Waals surface area contributed by atoms with Crippen LogP contribution in [-0.2, 0) is 9.59 Å². The highest BCUT2D eigenvalue weighted by Gasteiger charge is 2.32. The molecule has 13 heteroatoms. The fourth-order valence-electron chi connectivity index (χ4n) is 3.00. The van der Waals surface area contributed by atoms with Gasteiger partial charge in [0.05, 0.1) is 53.6 Å². The normalized spacial score (nSPS) is 11.8. The number of aliphatic hydroxyl groups is 4. The van der Waals surface area contributed by atoms with Crippen molar-refractivity contribution in [1.82, 2.24) is 4.90 Å². The second-order valence-corrected chi connectivity index (χ2v) is 10.1. The van der Waals surface area contributed by atoms with Gasteiger partial charge in [-0.15, -0.1) is 0 Å². The van der Waals surface area contributed by atoms with Crippen molar-refractivity contribution < 1.29 is 34.8 Å². The van der Waals surface area contributed by atoms with Crippen molar-refractivity contribution in [3.05, 3.63) is 16.3 Å². The third-order valence-electron chi connectivity index (χ3n) is 4.47. The van der Waals surface area contributed by atoms with Crippen LogP contribution < -0.4 is 9.80 Å². The Hall–Kier alpha value is -0.340. The first kappa shape index (κ1) is 29.7. The number of amides is 3. The van der Waals surface area contributed by atoms with Crippen molar-refractivity contribution in [2.45, 2.75) is 20.0 Å². The maximum atomic E-state index is 13.4. The molecule has 1 aromatic carbocycles. The lowest BCUT2D eigenvalue weighted by molar-refractivity contribution is -0.117. The smallest absolute Gasteiger partial charge is 0.256 e. The van der Waals surface area contributed by atoms with E-state index in [0.29, 0.717) is 22.1 Å². The molecule has 0 spiro atoms. The number of rotatable bonds is 10. The first-order valence-corrected chi connectivity index (χ1v) is 12.7. The van der Waals surface area contributed by atoms with Crippen LogP contribution in [0.25, 0.3) is 0 Å². The van der Waals surface area contributed by atoms with Crippen LogP contribution in [0.4, 0.5) is 11.4 Å². The summed E-state index contributed by atoms with van der Waals surface area (Å²) < 4.78 is 1.39. The molecule has 32 heavy (non-hydrogen) atoms. The third kappa shape index (κ3) is 6.84. The molecule has 0 fully saturated rings. The highest BCUT2D eigenvalue weighted by atomic mass is 127. The van der Waals surface area contributed by atoms with Crippen LogP contribution in [0, 0.1) is 10.7 Å². The fourth-order valence-corrected chi connectivity index (χ4v) is 7.79. The quantitative estimate of drug-likeness (QED) is 0.255. The Morgan fingerprint density at radius 1 is 0.844 bits per heavy atom. The average Bonchev–Trinajstić information content (AvgIpc) is 2.71. The van der Waals surface area contributed by atoms with E-state index in [4.69, 9.17) is 5.11 Å². The van der Waals surface area contributed by atoms with Crippen LogP contribution in [0.3, 0.4) is 0 Å². The molecule has 3 amide bonds. The summed E-state index contributed by atoms with van der Waals surface area (Å²) in [4.78, 5) is 42.1. The number of hydrogen-bond donors (Lipinski definition) is 4. The fraction of sp³-hybridized carbons (Fsp3) is 0.526. The topological polar surface area (TPSA) is 142 Å². The van der Waals surface area contributed by atoms with E-state index in [2.05, 4.69) is 0 Å². The number of hydrogen-bond acceptors (Lipinski definition) is 7. The van der Waals surface area contributed by atoms with Crippen LogP contribution in [0.5, 0.6) is 0 Å². The summed E-state index contributed by atoms with van der Waals surface area (Å²) >= 11 is 5.90. The van der Waals surface area contributed by atoms with Crippen LogP contribution in [0.2, 0.25) is 0 Å². The van der Waals surface area contributed by atoms with E-state index < -0.39 is 18.6 Å². The van der Waals surface area contributed by atoms with Gasteiger partial charge in [0, 0.05) is 40.5 Å². The third-order valence-corrected chi connectivity index (χ3v) is 7.60. The van der Waals surface area contributed by atoms with Crippen LogP contribution in [-0.4, -0.2) is 95.7 Å². The molecular weight excluding hydrogens is 763 g/mol. The minimum atomic E-state index is -1.13. The zero-order chi connectivity index (χ0) is 24.7. The monoisotopic (exact) mass is 789 g/mol. The van der Waals surface area contributed by atoms with Crippen LogP contribution in [0.15, 0.2) is 0 Å². The molecule has 0 aliphatic heterocycles. The Labute approximate surface area is 227 Å². The molecular formula is C19H26I3N3O7. The summed E-state index contributed by atoms with van der Waals surface area (Å²) in [7, 11) is 1.47. The van der Waals surface area contributed by atoms with E-state index in [1.165, 1.54) is 35.6 Å². The summed E-state index contributed by atoms with van der Waals surface area (Å²) in [6.45, 7) is 1.36. The zero-order valence-corrected chi connectivity index (χ0v) is 24.3. The van der Waals surface area contributed by atoms with Gasteiger partial charge < -0.3 is 35.1 Å². The van der Waals surface area contributed by atoms with E-state index >= 15 is 0 Å². The molecule has 10 nitrogen and oxygen atoms in total. The van der Waals surface area contributed by atoms with E-state index in [1.54, 1.807) is 0 Å². The Morgan fingerprint density at radius 3 is 1.56 bits per heavy atom. The molecule has 4 N–H and O–H groups in total. The molecule has 1 atom stereocenters. The Kier molecular flexibility index (Phi) is 12.5. The van der Waals surface area contributed by atoms with Gasteiger partial charge in [-0.2, -0.15) is 0 Å². The van der Waals surface area contributed by atoms with E-state index in [9.17, 15) is 29.7 Å². The van der Waals surface area contributed by atoms with Crippen molar-refractivity contribution in [2.24, 2.45) is 0 Å². The number of benzene rings is 1. The molecule has 0 aromatic heterocycles. The number of halogens is 3. The van der Waals surface area contributed by atoms with Gasteiger partial charge in [0.2, 0.25) is 11.8 Å². The highest BCUT2D eigenvalue weighted by molar-refractivity contribution is 14.1. The Bertz CT molecular complexity index is 818. The van der Waals surface area contributed by atoms with E-state index in [1.807, 2.05) is 67.8 Å². The number of anilines is 2. The van der Waals surface area contributed by atoms with Crippen LogP contribution >= 0.6 is 67.8 Å². The predicted molar refractivity (Wildman–Crippen MR) is 145 cm³/mol. The van der Waals surface area contributed by atoms with Gasteiger partial charge in [-0.1, -0.05) is 0 Å². The maximum Gasteiger partial charge on any atom is 0.256 e. The molecule has 0 aliphatic rings. The zero-order valence-electron chi connectivity index (χ0n) is 17.8. The van der Waals surface area contributed by atoms with E-state index in [0.717, 1.165) is 0 Å². The van der Waals surface area contributed by atoms with Gasteiger partial charge in [-0.3, -0.25) is 14.4 Å². The number of carbonyl (C=O) groups is 3. The molecule has 0 saturated heterocycles. The van der Waals surface area contributed by atoms with Gasteiger partial charge in [-0.25, -0.2) is 0 Å². The molecule has 1 rings (SSSR count). The van der Waals surface area contributed by atoms with Crippen molar-refractivity contribution in [3.8, 4) is 0 Å². The summed E-state index contributed by atoms with van der Waals surface area (Å²) in [5.74, 6) is -1.20. The summed E-state index contributed by atoms with van der Waals surface area (Å²) in [6, 6.07) is 0. The number of aliphatic hydroxyl groups excluding tert-OH is 4. The van der Waals surface area contributed by atoms with Gasteiger partial charge in [0.15, 0.2) is 0 Å². The van der Waals surface area contributed by atoms with Crippen molar-refractivity contribution >= 4 is 96.9 Å². The SMILES string of the molecule is CC(=O)N(CCO)c1c(I)c(C(=O)N(C)CC(O)CO)c(I)c(N(CCO)C(C)=O)c1I. The molecule has 1 unspecified atom stereocenters. The van der Waals surface area contributed by atoms with E-state index in [-0.39, 0.29) is 50.2 Å². The minimum absolute atomic E-state index is 0.0197. The summed E-state index contributed by atoms with van der Waals surface area (Å²) in [6.07, 6.45) is -1.13. The predicted octanol–water partition coefficient (Wildman–Crippen LogP) is 0.616. The molecule has 0 bridgehead atoms. The molecule has 0 aliphatic carbocycles. The average molecular weight is 789 g/mol. The van der Waals surface area contributed by atoms with Gasteiger partial charge >= 0.3 is 0 Å². The summed E-state index contributed by atoms with van der Waals surface area (Å²) in [5.41, 5.74) is 0.941. The number of likely N-dealkylation sites (N-methyl/N-ethyl adjacent to an activating group) is 1. The minimum Gasteiger partial charge on any atom is -0.395 e. The Balaban J connectivity index is 3.95. The second kappa shape index (κ2) is 13.5. The summed E-state index contributed by atoms with van der Waals surface area (Å²) in [5, 5.41) is 37.9. The molecule has 0 radical (unpaired) electrons. The molecule has 180 valence electrons. The van der Waals surface area contributed by atoms with Gasteiger partial charge in [0.1, 0.15) is 0 Å². The molecule has 0 saturated carbocycles. The Morgan fingerprint density at radius 2 is 1.25 bits per heavy atom. The lowest BCUT2D eigenvalue weighted by Crippen LogP contribution is -2.39.